The molecule has 0 unspecified atom stereocenters. The Bertz CT molecular complexity index is 1140. The van der Waals surface area contributed by atoms with Gasteiger partial charge < -0.3 is 9.73 Å². The first-order valence-corrected chi connectivity index (χ1v) is 8.53. The van der Waals surface area contributed by atoms with Gasteiger partial charge in [0, 0.05) is 17.7 Å². The number of fused-ring (bicyclic) bond motifs is 1. The van der Waals surface area contributed by atoms with Crippen molar-refractivity contribution >= 4 is 29.1 Å². The first-order valence-electron chi connectivity index (χ1n) is 8.53. The molecular weight excluding hydrogens is 378 g/mol. The number of furan rings is 1. The summed E-state index contributed by atoms with van der Waals surface area (Å²) in [4.78, 5) is 48.7. The van der Waals surface area contributed by atoms with Crippen molar-refractivity contribution in [3.8, 4) is 0 Å². The van der Waals surface area contributed by atoms with Crippen molar-refractivity contribution in [1.82, 2.24) is 5.32 Å². The first-order chi connectivity index (χ1) is 14.0. The largest absolute Gasteiger partial charge is 0.467 e. The van der Waals surface area contributed by atoms with Gasteiger partial charge in [-0.25, -0.2) is 4.90 Å². The van der Waals surface area contributed by atoms with Gasteiger partial charge >= 0.3 is 0 Å². The third-order valence-corrected chi connectivity index (χ3v) is 4.47. The predicted octanol–water partition coefficient (Wildman–Crippen LogP) is 2.92. The van der Waals surface area contributed by atoms with E-state index < -0.39 is 16.7 Å². The third kappa shape index (κ3) is 3.25. The molecule has 1 N–H and O–H groups in total. The summed E-state index contributed by atoms with van der Waals surface area (Å²) in [5.74, 6) is -0.959. The molecule has 0 atom stereocenters. The number of amides is 3. The van der Waals surface area contributed by atoms with Gasteiger partial charge in [0.25, 0.3) is 23.4 Å². The Morgan fingerprint density at radius 2 is 1.76 bits per heavy atom. The van der Waals surface area contributed by atoms with E-state index in [1.165, 1.54) is 42.7 Å². The highest BCUT2D eigenvalue weighted by molar-refractivity contribution is 6.34. The minimum atomic E-state index is -0.649. The van der Waals surface area contributed by atoms with Crippen LogP contribution < -0.4 is 10.2 Å². The van der Waals surface area contributed by atoms with Crippen molar-refractivity contribution in [3.63, 3.8) is 0 Å². The smallest absolute Gasteiger partial charge is 0.270 e. The van der Waals surface area contributed by atoms with Crippen molar-refractivity contribution in [1.29, 1.82) is 0 Å². The summed E-state index contributed by atoms with van der Waals surface area (Å²) in [6.45, 7) is 0.227. The number of non-ortho nitro benzene ring substituents is 1. The predicted molar refractivity (Wildman–Crippen MR) is 101 cm³/mol. The molecule has 2 aromatic carbocycles. The Morgan fingerprint density at radius 1 is 1.03 bits per heavy atom. The Morgan fingerprint density at radius 3 is 2.41 bits per heavy atom. The topological polar surface area (TPSA) is 123 Å². The quantitative estimate of drug-likeness (QED) is 0.405. The normalized spacial score (nSPS) is 12.8. The Kier molecular flexibility index (Phi) is 4.40. The molecule has 0 radical (unpaired) electrons. The van der Waals surface area contributed by atoms with Gasteiger partial charge in [0.1, 0.15) is 5.76 Å². The molecule has 0 saturated heterocycles. The standard InChI is InChI=1S/C20H13N3O6/c24-18(21-11-15-2-1-9-29-15)12-3-5-13(6-4-12)22-19(25)16-8-7-14(23(27)28)10-17(16)20(22)26/h1-10H,11H2,(H,21,24). The van der Waals surface area contributed by atoms with Crippen LogP contribution in [0.2, 0.25) is 0 Å². The summed E-state index contributed by atoms with van der Waals surface area (Å²) in [5, 5.41) is 13.6. The van der Waals surface area contributed by atoms with Gasteiger partial charge in [0.05, 0.1) is 34.5 Å². The maximum Gasteiger partial charge on any atom is 0.270 e. The number of carbonyl (C=O) groups is 3. The number of nitrogens with zero attached hydrogens (tertiary/aromatic N) is 2. The zero-order valence-corrected chi connectivity index (χ0v) is 14.8. The van der Waals surface area contributed by atoms with Crippen molar-refractivity contribution in [2.24, 2.45) is 0 Å². The lowest BCUT2D eigenvalue weighted by atomic mass is 10.1. The number of hydrogen-bond donors (Lipinski definition) is 1. The zero-order valence-electron chi connectivity index (χ0n) is 14.8. The van der Waals surface area contributed by atoms with Gasteiger partial charge in [-0.15, -0.1) is 0 Å². The van der Waals surface area contributed by atoms with Gasteiger partial charge in [0.15, 0.2) is 0 Å². The molecule has 1 aromatic heterocycles. The molecule has 0 saturated carbocycles. The minimum absolute atomic E-state index is 0.0236. The summed E-state index contributed by atoms with van der Waals surface area (Å²) in [5.41, 5.74) is 0.412. The van der Waals surface area contributed by atoms with Crippen molar-refractivity contribution in [2.45, 2.75) is 6.54 Å². The molecule has 3 amide bonds. The molecule has 1 aliphatic rings. The highest BCUT2D eigenvalue weighted by Crippen LogP contribution is 2.30. The fraction of sp³-hybridized carbons (Fsp3) is 0.0500. The van der Waals surface area contributed by atoms with Gasteiger partial charge in [0.2, 0.25) is 0 Å². The number of anilines is 1. The Balaban J connectivity index is 1.53. The first kappa shape index (κ1) is 18.1. The van der Waals surface area contributed by atoms with Crippen LogP contribution in [0.1, 0.15) is 36.8 Å². The number of hydrogen-bond acceptors (Lipinski definition) is 6. The fourth-order valence-corrected chi connectivity index (χ4v) is 3.02. The van der Waals surface area contributed by atoms with Gasteiger partial charge in [-0.3, -0.25) is 24.5 Å². The second kappa shape index (κ2) is 7.04. The van der Waals surface area contributed by atoms with Gasteiger partial charge in [-0.1, -0.05) is 0 Å². The lowest BCUT2D eigenvalue weighted by Crippen LogP contribution is -2.29. The summed E-state index contributed by atoms with van der Waals surface area (Å²) < 4.78 is 5.15. The number of nitro benzene ring substituents is 1. The van der Waals surface area contributed by atoms with Crippen LogP contribution in [-0.4, -0.2) is 22.6 Å². The molecule has 0 bridgehead atoms. The highest BCUT2D eigenvalue weighted by atomic mass is 16.6. The van der Waals surface area contributed by atoms with Crippen LogP contribution in [0.4, 0.5) is 11.4 Å². The molecule has 29 heavy (non-hydrogen) atoms. The molecule has 9 heteroatoms. The van der Waals surface area contributed by atoms with E-state index in [1.54, 1.807) is 12.1 Å². The van der Waals surface area contributed by atoms with E-state index in [2.05, 4.69) is 5.32 Å². The van der Waals surface area contributed by atoms with E-state index in [9.17, 15) is 24.5 Å². The monoisotopic (exact) mass is 391 g/mol. The molecule has 1 aliphatic heterocycles. The lowest BCUT2D eigenvalue weighted by molar-refractivity contribution is -0.384. The summed E-state index contributed by atoms with van der Waals surface area (Å²) in [6, 6.07) is 12.9. The molecular formula is C20H13N3O6. The van der Waals surface area contributed by atoms with Gasteiger partial charge in [-0.2, -0.15) is 0 Å². The van der Waals surface area contributed by atoms with Crippen LogP contribution in [0.5, 0.6) is 0 Å². The molecule has 9 nitrogen and oxygen atoms in total. The van der Waals surface area contributed by atoms with Crippen molar-refractivity contribution in [2.75, 3.05) is 4.90 Å². The van der Waals surface area contributed by atoms with Crippen LogP contribution in [0.15, 0.2) is 65.3 Å². The number of rotatable bonds is 5. The lowest BCUT2D eigenvalue weighted by Gasteiger charge is -2.14. The average molecular weight is 391 g/mol. The third-order valence-electron chi connectivity index (χ3n) is 4.47. The maximum absolute atomic E-state index is 12.6. The molecule has 3 aromatic rings. The second-order valence-electron chi connectivity index (χ2n) is 6.24. The molecule has 0 spiro atoms. The minimum Gasteiger partial charge on any atom is -0.467 e. The summed E-state index contributed by atoms with van der Waals surface area (Å²) in [7, 11) is 0. The second-order valence-corrected chi connectivity index (χ2v) is 6.24. The van der Waals surface area contributed by atoms with Gasteiger partial charge in [-0.05, 0) is 42.5 Å². The SMILES string of the molecule is O=C(NCc1ccco1)c1ccc(N2C(=O)c3ccc([N+](=O)[O-])cc3C2=O)cc1. The van der Waals surface area contributed by atoms with E-state index >= 15 is 0 Å². The molecule has 0 fully saturated rings. The van der Waals surface area contributed by atoms with Crippen LogP contribution in [0, 0.1) is 10.1 Å². The number of nitrogens with one attached hydrogen (secondary N) is 1. The number of carbonyl (C=O) groups excluding carboxylic acids is 3. The Labute approximate surface area is 163 Å². The van der Waals surface area contributed by atoms with Crippen LogP contribution in [0.3, 0.4) is 0 Å². The molecule has 4 rings (SSSR count). The molecule has 2 heterocycles. The summed E-state index contributed by atoms with van der Waals surface area (Å²) in [6.07, 6.45) is 1.51. The number of nitro groups is 1. The molecule has 0 aliphatic carbocycles. The van der Waals surface area contributed by atoms with E-state index in [-0.39, 0.29) is 35.0 Å². The number of benzene rings is 2. The van der Waals surface area contributed by atoms with Crippen LogP contribution >= 0.6 is 0 Å². The molecule has 144 valence electrons. The summed E-state index contributed by atoms with van der Waals surface area (Å²) >= 11 is 0. The van der Waals surface area contributed by atoms with Crippen molar-refractivity contribution < 1.29 is 23.7 Å². The van der Waals surface area contributed by atoms with Crippen LogP contribution in [0.25, 0.3) is 0 Å². The van der Waals surface area contributed by atoms with E-state index in [0.717, 1.165) is 11.0 Å². The highest BCUT2D eigenvalue weighted by Gasteiger charge is 2.37. The maximum atomic E-state index is 12.6. The fourth-order valence-electron chi connectivity index (χ4n) is 3.02. The van der Waals surface area contributed by atoms with E-state index in [0.29, 0.717) is 11.3 Å². The Hall–Kier alpha value is -4.27. The van der Waals surface area contributed by atoms with E-state index in [4.69, 9.17) is 4.42 Å². The van der Waals surface area contributed by atoms with Crippen LogP contribution in [-0.2, 0) is 6.54 Å². The van der Waals surface area contributed by atoms with Crippen molar-refractivity contribution in [3.05, 3.63) is 93.4 Å². The van der Waals surface area contributed by atoms with E-state index in [1.807, 2.05) is 0 Å². The average Bonchev–Trinajstić information content (AvgIpc) is 3.33. The zero-order chi connectivity index (χ0) is 20.5. The number of imide groups is 1.